The second-order valence-corrected chi connectivity index (χ2v) is 6.98. The van der Waals surface area contributed by atoms with Crippen molar-refractivity contribution >= 4 is 11.6 Å². The molecule has 0 aromatic heterocycles. The van der Waals surface area contributed by atoms with Gasteiger partial charge in [-0.3, -0.25) is 4.90 Å². The van der Waals surface area contributed by atoms with Gasteiger partial charge in [0.2, 0.25) is 0 Å². The van der Waals surface area contributed by atoms with E-state index in [1.54, 1.807) is 0 Å². The van der Waals surface area contributed by atoms with Crippen LogP contribution in [0.25, 0.3) is 0 Å². The second-order valence-electron chi connectivity index (χ2n) is 6.54. The van der Waals surface area contributed by atoms with Gasteiger partial charge in [-0.25, -0.2) is 0 Å². The van der Waals surface area contributed by atoms with Gasteiger partial charge in [0.15, 0.2) is 0 Å². The first-order chi connectivity index (χ1) is 8.74. The van der Waals surface area contributed by atoms with Crippen LogP contribution in [0.5, 0.6) is 0 Å². The summed E-state index contributed by atoms with van der Waals surface area (Å²) < 4.78 is 0. The Morgan fingerprint density at radius 3 is 2.16 bits per heavy atom. The van der Waals surface area contributed by atoms with E-state index in [9.17, 15) is 0 Å². The van der Waals surface area contributed by atoms with E-state index < -0.39 is 0 Å². The summed E-state index contributed by atoms with van der Waals surface area (Å²) in [6.45, 7) is 9.90. The van der Waals surface area contributed by atoms with E-state index in [2.05, 4.69) is 51.8 Å². The molecule has 1 rings (SSSR count). The van der Waals surface area contributed by atoms with E-state index in [0.29, 0.717) is 0 Å². The molecule has 2 unspecified atom stereocenters. The Balaban J connectivity index is 2.98. The van der Waals surface area contributed by atoms with Crippen LogP contribution in [0.15, 0.2) is 24.3 Å². The van der Waals surface area contributed by atoms with Crippen molar-refractivity contribution in [3.63, 3.8) is 0 Å². The smallest absolute Gasteiger partial charge is 0.0496 e. The van der Waals surface area contributed by atoms with E-state index in [1.165, 1.54) is 5.56 Å². The minimum absolute atomic E-state index is 0.133. The van der Waals surface area contributed by atoms with Gasteiger partial charge < -0.3 is 5.73 Å². The molecule has 0 amide bonds. The van der Waals surface area contributed by atoms with Crippen LogP contribution in [0.3, 0.4) is 0 Å². The molecular weight excluding hydrogens is 256 g/mol. The molecule has 2 N–H and O–H groups in total. The largest absolute Gasteiger partial charge is 0.326 e. The minimum Gasteiger partial charge on any atom is -0.326 e. The predicted octanol–water partition coefficient (Wildman–Crippen LogP) is 4.10. The lowest BCUT2D eigenvalue weighted by molar-refractivity contribution is 0.151. The molecule has 0 bridgehead atoms. The lowest BCUT2D eigenvalue weighted by Gasteiger charge is -2.36. The van der Waals surface area contributed by atoms with Crippen molar-refractivity contribution in [3.05, 3.63) is 34.9 Å². The Bertz CT molecular complexity index is 381. The molecule has 3 heteroatoms. The SMILES string of the molecule is CCC(N)C(c1ccc(Cl)cc1)N(C)CC(C)(C)C. The van der Waals surface area contributed by atoms with Crippen molar-refractivity contribution in [1.82, 2.24) is 4.90 Å². The highest BCUT2D eigenvalue weighted by Crippen LogP contribution is 2.28. The lowest BCUT2D eigenvalue weighted by Crippen LogP contribution is -2.42. The molecule has 2 nitrogen and oxygen atoms in total. The molecule has 19 heavy (non-hydrogen) atoms. The van der Waals surface area contributed by atoms with Crippen molar-refractivity contribution < 1.29 is 0 Å². The fourth-order valence-corrected chi connectivity index (χ4v) is 2.68. The summed E-state index contributed by atoms with van der Waals surface area (Å²) >= 11 is 5.97. The predicted molar refractivity (Wildman–Crippen MR) is 84.5 cm³/mol. The second kappa shape index (κ2) is 6.74. The third-order valence-electron chi connectivity index (χ3n) is 3.29. The highest BCUT2D eigenvalue weighted by Gasteiger charge is 2.26. The molecule has 0 aliphatic heterocycles. The topological polar surface area (TPSA) is 29.3 Å². The number of hydrogen-bond acceptors (Lipinski definition) is 2. The third kappa shape index (κ3) is 5.13. The van der Waals surface area contributed by atoms with Crippen LogP contribution in [-0.4, -0.2) is 24.5 Å². The maximum Gasteiger partial charge on any atom is 0.0496 e. The van der Waals surface area contributed by atoms with Crippen molar-refractivity contribution in [2.24, 2.45) is 11.1 Å². The molecule has 1 aromatic carbocycles. The molecule has 108 valence electrons. The van der Waals surface area contributed by atoms with Gasteiger partial charge in [-0.2, -0.15) is 0 Å². The number of rotatable bonds is 5. The van der Waals surface area contributed by atoms with Crippen LogP contribution in [0.1, 0.15) is 45.7 Å². The summed E-state index contributed by atoms with van der Waals surface area (Å²) in [5, 5.41) is 0.769. The Hall–Kier alpha value is -0.570. The average molecular weight is 283 g/mol. The lowest BCUT2D eigenvalue weighted by atomic mass is 9.91. The third-order valence-corrected chi connectivity index (χ3v) is 3.54. The van der Waals surface area contributed by atoms with Crippen LogP contribution in [0.2, 0.25) is 5.02 Å². The van der Waals surface area contributed by atoms with Crippen LogP contribution in [0, 0.1) is 5.41 Å². The first-order valence-corrected chi connectivity index (χ1v) is 7.33. The summed E-state index contributed by atoms with van der Waals surface area (Å²) in [6.07, 6.45) is 0.960. The van der Waals surface area contributed by atoms with E-state index in [1.807, 2.05) is 12.1 Å². The van der Waals surface area contributed by atoms with E-state index in [0.717, 1.165) is 18.0 Å². The van der Waals surface area contributed by atoms with Crippen LogP contribution in [0.4, 0.5) is 0 Å². The Morgan fingerprint density at radius 2 is 1.74 bits per heavy atom. The molecular formula is C16H27ClN2. The fraction of sp³-hybridized carbons (Fsp3) is 0.625. The van der Waals surface area contributed by atoms with Gasteiger partial charge in [-0.15, -0.1) is 0 Å². The Morgan fingerprint density at radius 1 is 1.21 bits per heavy atom. The zero-order chi connectivity index (χ0) is 14.6. The quantitative estimate of drug-likeness (QED) is 0.881. The van der Waals surface area contributed by atoms with Gasteiger partial charge in [-0.1, -0.05) is 51.4 Å². The van der Waals surface area contributed by atoms with Crippen LogP contribution in [-0.2, 0) is 0 Å². The molecule has 1 aromatic rings. The van der Waals surface area contributed by atoms with Gasteiger partial charge in [0, 0.05) is 23.7 Å². The van der Waals surface area contributed by atoms with Crippen molar-refractivity contribution in [3.8, 4) is 0 Å². The number of nitrogens with two attached hydrogens (primary N) is 1. The summed E-state index contributed by atoms with van der Waals surface area (Å²) in [4.78, 5) is 2.36. The van der Waals surface area contributed by atoms with Gasteiger partial charge >= 0.3 is 0 Å². The van der Waals surface area contributed by atoms with Gasteiger partial charge in [0.25, 0.3) is 0 Å². The molecule has 2 atom stereocenters. The molecule has 0 aliphatic rings. The summed E-state index contributed by atoms with van der Waals surface area (Å²) in [7, 11) is 2.15. The molecule has 0 saturated carbocycles. The molecule has 0 fully saturated rings. The molecule has 0 saturated heterocycles. The normalized spacial score (nSPS) is 15.6. The zero-order valence-electron chi connectivity index (χ0n) is 12.8. The molecule has 0 heterocycles. The number of halogens is 1. The first-order valence-electron chi connectivity index (χ1n) is 6.96. The average Bonchev–Trinajstić information content (AvgIpc) is 2.29. The van der Waals surface area contributed by atoms with Gasteiger partial charge in [0.05, 0.1) is 0 Å². The summed E-state index contributed by atoms with van der Waals surface area (Å²) in [5.41, 5.74) is 7.83. The number of nitrogens with zero attached hydrogens (tertiary/aromatic N) is 1. The van der Waals surface area contributed by atoms with E-state index in [4.69, 9.17) is 17.3 Å². The molecule has 0 spiro atoms. The number of likely N-dealkylation sites (N-methyl/N-ethyl adjacent to an activating group) is 1. The van der Waals surface area contributed by atoms with E-state index >= 15 is 0 Å². The summed E-state index contributed by atoms with van der Waals surface area (Å²) in [5.74, 6) is 0. The van der Waals surface area contributed by atoms with Gasteiger partial charge in [0.1, 0.15) is 0 Å². The monoisotopic (exact) mass is 282 g/mol. The van der Waals surface area contributed by atoms with Crippen LogP contribution < -0.4 is 5.73 Å². The van der Waals surface area contributed by atoms with Crippen LogP contribution >= 0.6 is 11.6 Å². The number of hydrogen-bond donors (Lipinski definition) is 1. The fourth-order valence-electron chi connectivity index (χ4n) is 2.56. The Kier molecular flexibility index (Phi) is 5.84. The maximum absolute atomic E-state index is 6.33. The maximum atomic E-state index is 6.33. The van der Waals surface area contributed by atoms with Crippen molar-refractivity contribution in [2.45, 2.75) is 46.2 Å². The molecule has 0 aliphatic carbocycles. The standard InChI is InChI=1S/C16H27ClN2/c1-6-14(18)15(19(5)11-16(2,3)4)12-7-9-13(17)10-8-12/h7-10,14-15H,6,11,18H2,1-5H3. The van der Waals surface area contributed by atoms with Crippen molar-refractivity contribution in [1.29, 1.82) is 0 Å². The minimum atomic E-state index is 0.133. The zero-order valence-corrected chi connectivity index (χ0v) is 13.5. The summed E-state index contributed by atoms with van der Waals surface area (Å²) in [6, 6.07) is 8.42. The Labute approximate surface area is 122 Å². The van der Waals surface area contributed by atoms with Crippen molar-refractivity contribution in [2.75, 3.05) is 13.6 Å². The van der Waals surface area contributed by atoms with Gasteiger partial charge in [-0.05, 0) is 36.6 Å². The molecule has 0 radical (unpaired) electrons. The number of benzene rings is 1. The first kappa shape index (κ1) is 16.5. The van der Waals surface area contributed by atoms with E-state index in [-0.39, 0.29) is 17.5 Å². The highest BCUT2D eigenvalue weighted by atomic mass is 35.5. The highest BCUT2D eigenvalue weighted by molar-refractivity contribution is 6.30.